The number of hydrogen-bond acceptors (Lipinski definition) is 3. The van der Waals surface area contributed by atoms with Gasteiger partial charge in [0, 0.05) is 5.54 Å². The number of sulfone groups is 1. The quantitative estimate of drug-likeness (QED) is 0.849. The molecule has 4 heteroatoms. The Hall–Kier alpha value is -0.0900. The predicted octanol–water partition coefficient (Wildman–Crippen LogP) is 3.01. The summed E-state index contributed by atoms with van der Waals surface area (Å²) in [6.07, 6.45) is 7.55. The first-order chi connectivity index (χ1) is 9.25. The normalized spacial score (nSPS) is 28.9. The molecule has 3 nitrogen and oxygen atoms in total. The molecule has 2 unspecified atom stereocenters. The van der Waals surface area contributed by atoms with Gasteiger partial charge < -0.3 is 5.32 Å². The summed E-state index contributed by atoms with van der Waals surface area (Å²) >= 11 is 0. The second-order valence-corrected chi connectivity index (χ2v) is 10.2. The molecule has 0 aromatic carbocycles. The van der Waals surface area contributed by atoms with Gasteiger partial charge in [0.15, 0.2) is 9.84 Å². The van der Waals surface area contributed by atoms with Crippen LogP contribution in [0, 0.1) is 17.8 Å². The van der Waals surface area contributed by atoms with Crippen molar-refractivity contribution in [1.82, 2.24) is 5.32 Å². The van der Waals surface area contributed by atoms with Crippen molar-refractivity contribution in [3.05, 3.63) is 0 Å². The average molecular weight is 301 g/mol. The van der Waals surface area contributed by atoms with Crippen LogP contribution in [-0.2, 0) is 9.84 Å². The third kappa shape index (κ3) is 5.03. The summed E-state index contributed by atoms with van der Waals surface area (Å²) in [4.78, 5) is 0. The molecule has 1 saturated carbocycles. The largest absolute Gasteiger partial charge is 0.312 e. The molecule has 0 aromatic rings. The first-order valence-electron chi connectivity index (χ1n) is 8.21. The highest BCUT2D eigenvalue weighted by Gasteiger charge is 2.35. The molecule has 1 heterocycles. The van der Waals surface area contributed by atoms with Crippen molar-refractivity contribution in [2.45, 2.75) is 64.8 Å². The van der Waals surface area contributed by atoms with Crippen molar-refractivity contribution in [2.24, 2.45) is 17.8 Å². The second kappa shape index (κ2) is 6.35. The summed E-state index contributed by atoms with van der Waals surface area (Å²) in [6.45, 7) is 7.53. The number of nitrogens with one attached hydrogen (secondary N) is 1. The summed E-state index contributed by atoms with van der Waals surface area (Å²) < 4.78 is 23.5. The van der Waals surface area contributed by atoms with Crippen LogP contribution in [0.3, 0.4) is 0 Å². The van der Waals surface area contributed by atoms with E-state index in [0.717, 1.165) is 18.9 Å². The summed E-state index contributed by atoms with van der Waals surface area (Å²) in [5, 5.41) is 3.61. The van der Waals surface area contributed by atoms with Crippen LogP contribution in [0.5, 0.6) is 0 Å². The lowest BCUT2D eigenvalue weighted by Gasteiger charge is -2.30. The highest BCUT2D eigenvalue weighted by atomic mass is 32.2. The SMILES string of the molecule is CC(C)(C)NCC(CC1CCCC1)C1CCS(=O)(=O)C1. The molecular formula is C16H31NO2S. The smallest absolute Gasteiger partial charge is 0.150 e. The van der Waals surface area contributed by atoms with Gasteiger partial charge in [-0.1, -0.05) is 25.7 Å². The van der Waals surface area contributed by atoms with Crippen LogP contribution in [0.2, 0.25) is 0 Å². The standard InChI is InChI=1S/C16H31NO2S/c1-16(2,3)17-11-15(10-13-6-4-5-7-13)14-8-9-20(18,19)12-14/h13-15,17H,4-12H2,1-3H3. The first-order valence-corrected chi connectivity index (χ1v) is 10.0. The fraction of sp³-hybridized carbons (Fsp3) is 1.00. The molecule has 2 fully saturated rings. The van der Waals surface area contributed by atoms with Crippen LogP contribution in [0.15, 0.2) is 0 Å². The molecule has 118 valence electrons. The van der Waals surface area contributed by atoms with E-state index in [2.05, 4.69) is 26.1 Å². The Morgan fingerprint density at radius 2 is 1.80 bits per heavy atom. The Morgan fingerprint density at radius 3 is 2.30 bits per heavy atom. The molecule has 0 aromatic heterocycles. The van der Waals surface area contributed by atoms with Gasteiger partial charge in [-0.3, -0.25) is 0 Å². The van der Waals surface area contributed by atoms with Gasteiger partial charge in [0.1, 0.15) is 0 Å². The summed E-state index contributed by atoms with van der Waals surface area (Å²) in [5.41, 5.74) is 0.116. The van der Waals surface area contributed by atoms with Crippen LogP contribution < -0.4 is 5.32 Å². The maximum atomic E-state index is 11.8. The lowest BCUT2D eigenvalue weighted by molar-refractivity contribution is 0.253. The third-order valence-corrected chi connectivity index (χ3v) is 6.73. The van der Waals surface area contributed by atoms with Crippen LogP contribution in [-0.4, -0.2) is 32.0 Å². The van der Waals surface area contributed by atoms with Crippen molar-refractivity contribution in [2.75, 3.05) is 18.1 Å². The highest BCUT2D eigenvalue weighted by Crippen LogP contribution is 2.36. The zero-order chi connectivity index (χ0) is 14.8. The van der Waals surface area contributed by atoms with Crippen molar-refractivity contribution in [3.8, 4) is 0 Å². The Bertz CT molecular complexity index is 405. The fourth-order valence-electron chi connectivity index (χ4n) is 3.75. The van der Waals surface area contributed by atoms with E-state index in [0.29, 0.717) is 23.3 Å². The fourth-order valence-corrected chi connectivity index (χ4v) is 5.67. The van der Waals surface area contributed by atoms with E-state index in [1.54, 1.807) is 0 Å². The van der Waals surface area contributed by atoms with Gasteiger partial charge in [0.2, 0.25) is 0 Å². The molecule has 1 aliphatic heterocycles. The Morgan fingerprint density at radius 1 is 1.15 bits per heavy atom. The monoisotopic (exact) mass is 301 g/mol. The molecule has 2 rings (SSSR count). The molecule has 1 saturated heterocycles. The summed E-state index contributed by atoms with van der Waals surface area (Å²) in [5.74, 6) is 2.60. The molecule has 0 spiro atoms. The van der Waals surface area contributed by atoms with Gasteiger partial charge >= 0.3 is 0 Å². The molecule has 0 radical (unpaired) electrons. The third-order valence-electron chi connectivity index (χ3n) is 4.94. The number of rotatable bonds is 5. The zero-order valence-corrected chi connectivity index (χ0v) is 14.1. The van der Waals surface area contributed by atoms with E-state index in [-0.39, 0.29) is 5.54 Å². The minimum Gasteiger partial charge on any atom is -0.312 e. The number of hydrogen-bond donors (Lipinski definition) is 1. The minimum absolute atomic E-state index is 0.116. The van der Waals surface area contributed by atoms with Crippen molar-refractivity contribution < 1.29 is 8.42 Å². The van der Waals surface area contributed by atoms with Crippen LogP contribution in [0.4, 0.5) is 0 Å². The molecule has 0 bridgehead atoms. The molecule has 1 aliphatic carbocycles. The lowest BCUT2D eigenvalue weighted by atomic mass is 9.83. The van der Waals surface area contributed by atoms with Crippen molar-refractivity contribution in [3.63, 3.8) is 0 Å². The van der Waals surface area contributed by atoms with Gasteiger partial charge in [0.25, 0.3) is 0 Å². The van der Waals surface area contributed by atoms with E-state index in [4.69, 9.17) is 0 Å². The topological polar surface area (TPSA) is 46.2 Å². The predicted molar refractivity (Wildman–Crippen MR) is 84.6 cm³/mol. The van der Waals surface area contributed by atoms with Crippen molar-refractivity contribution >= 4 is 9.84 Å². The molecule has 20 heavy (non-hydrogen) atoms. The zero-order valence-electron chi connectivity index (χ0n) is 13.3. The minimum atomic E-state index is -2.76. The van der Waals surface area contributed by atoms with E-state index in [1.807, 2.05) is 0 Å². The lowest BCUT2D eigenvalue weighted by Crippen LogP contribution is -2.41. The molecular weight excluding hydrogens is 270 g/mol. The van der Waals surface area contributed by atoms with E-state index in [1.165, 1.54) is 32.1 Å². The molecule has 1 N–H and O–H groups in total. The Labute approximate surface area is 124 Å². The molecule has 2 atom stereocenters. The summed E-state index contributed by atoms with van der Waals surface area (Å²) in [7, 11) is -2.76. The van der Waals surface area contributed by atoms with Gasteiger partial charge in [-0.15, -0.1) is 0 Å². The Kier molecular flexibility index (Phi) is 5.17. The Balaban J connectivity index is 1.95. The second-order valence-electron chi connectivity index (χ2n) is 7.94. The van der Waals surface area contributed by atoms with Gasteiger partial charge in [-0.2, -0.15) is 0 Å². The maximum Gasteiger partial charge on any atom is 0.150 e. The molecule has 2 aliphatic rings. The maximum absolute atomic E-state index is 11.8. The summed E-state index contributed by atoms with van der Waals surface area (Å²) in [6, 6.07) is 0. The van der Waals surface area contributed by atoms with E-state index in [9.17, 15) is 8.42 Å². The van der Waals surface area contributed by atoms with Gasteiger partial charge in [0.05, 0.1) is 11.5 Å². The van der Waals surface area contributed by atoms with Crippen LogP contribution in [0.25, 0.3) is 0 Å². The van der Waals surface area contributed by atoms with Crippen molar-refractivity contribution in [1.29, 1.82) is 0 Å². The van der Waals surface area contributed by atoms with Gasteiger partial charge in [-0.25, -0.2) is 8.42 Å². The molecule has 0 amide bonds. The first kappa shape index (κ1) is 16.3. The van der Waals surface area contributed by atoms with E-state index < -0.39 is 9.84 Å². The highest BCUT2D eigenvalue weighted by molar-refractivity contribution is 7.91. The van der Waals surface area contributed by atoms with Crippen LogP contribution in [0.1, 0.15) is 59.3 Å². The van der Waals surface area contributed by atoms with E-state index >= 15 is 0 Å². The average Bonchev–Trinajstić information content (AvgIpc) is 2.92. The van der Waals surface area contributed by atoms with Gasteiger partial charge in [-0.05, 0) is 57.9 Å². The van der Waals surface area contributed by atoms with Crippen LogP contribution >= 0.6 is 0 Å².